The quantitative estimate of drug-likeness (QED) is 0.578. The van der Waals surface area contributed by atoms with E-state index in [1.165, 1.54) is 4.31 Å². The highest BCUT2D eigenvalue weighted by Gasteiger charge is 2.30. The van der Waals surface area contributed by atoms with Gasteiger partial charge in [0.15, 0.2) is 0 Å². The van der Waals surface area contributed by atoms with Gasteiger partial charge in [-0.3, -0.25) is 10.1 Å². The second-order valence-corrected chi connectivity index (χ2v) is 7.53. The summed E-state index contributed by atoms with van der Waals surface area (Å²) >= 11 is 0. The minimum Gasteiger partial charge on any atom is -0.388 e. The summed E-state index contributed by atoms with van der Waals surface area (Å²) in [6, 6.07) is 0. The molecule has 1 aromatic rings. The van der Waals surface area contributed by atoms with Crippen LogP contribution in [0.2, 0.25) is 0 Å². The van der Waals surface area contributed by atoms with Crippen LogP contribution in [0.5, 0.6) is 0 Å². The molecule has 0 spiro atoms. The van der Waals surface area contributed by atoms with Gasteiger partial charge in [0.25, 0.3) is 0 Å². The van der Waals surface area contributed by atoms with E-state index in [4.69, 9.17) is 11.1 Å². The molecular formula is C13H25N5O2S. The molecule has 0 radical (unpaired) electrons. The fourth-order valence-corrected chi connectivity index (χ4v) is 4.22. The summed E-state index contributed by atoms with van der Waals surface area (Å²) in [7, 11) is -1.91. The van der Waals surface area contributed by atoms with E-state index >= 15 is 0 Å². The molecule has 0 bridgehead atoms. The number of hydrogen-bond donors (Lipinski definition) is 2. The molecule has 1 rings (SSSR count). The van der Waals surface area contributed by atoms with Gasteiger partial charge in [0.1, 0.15) is 4.90 Å². The Balaban J connectivity index is 3.22. The standard InChI is InChI=1S/C13H25N5O2S/c1-9(2)8-18(7-6-12(14)15)21(19,20)13-10(3)16-17(5)11(13)4/h9H,6-8H2,1-5H3,(H3,14,15). The molecule has 120 valence electrons. The molecule has 0 aliphatic heterocycles. The number of nitrogens with two attached hydrogens (primary N) is 1. The van der Waals surface area contributed by atoms with Crippen molar-refractivity contribution in [1.29, 1.82) is 5.41 Å². The highest BCUT2D eigenvalue weighted by molar-refractivity contribution is 7.89. The number of nitrogens with one attached hydrogen (secondary N) is 1. The van der Waals surface area contributed by atoms with E-state index in [9.17, 15) is 8.42 Å². The molecule has 1 aromatic heterocycles. The van der Waals surface area contributed by atoms with Crippen LogP contribution < -0.4 is 5.73 Å². The van der Waals surface area contributed by atoms with Crippen molar-refractivity contribution in [2.45, 2.75) is 39.0 Å². The van der Waals surface area contributed by atoms with E-state index in [0.29, 0.717) is 17.9 Å². The van der Waals surface area contributed by atoms with Crippen LogP contribution in [-0.2, 0) is 17.1 Å². The predicted molar refractivity (Wildman–Crippen MR) is 82.8 cm³/mol. The van der Waals surface area contributed by atoms with Crippen molar-refractivity contribution in [3.63, 3.8) is 0 Å². The fraction of sp³-hybridized carbons (Fsp3) is 0.692. The largest absolute Gasteiger partial charge is 0.388 e. The first kappa shape index (κ1) is 17.6. The molecule has 0 fully saturated rings. The van der Waals surface area contributed by atoms with Gasteiger partial charge in [-0.2, -0.15) is 9.40 Å². The second-order valence-electron chi connectivity index (χ2n) is 5.66. The number of nitrogens with zero attached hydrogens (tertiary/aromatic N) is 3. The summed E-state index contributed by atoms with van der Waals surface area (Å²) in [5, 5.41) is 11.5. The van der Waals surface area contributed by atoms with Gasteiger partial charge < -0.3 is 5.73 Å². The van der Waals surface area contributed by atoms with Gasteiger partial charge in [-0.15, -0.1) is 0 Å². The SMILES string of the molecule is Cc1nn(C)c(C)c1S(=O)(=O)N(CCC(=N)N)CC(C)C. The highest BCUT2D eigenvalue weighted by Crippen LogP contribution is 2.23. The van der Waals surface area contributed by atoms with Gasteiger partial charge in [0.05, 0.1) is 17.2 Å². The first-order chi connectivity index (χ1) is 9.57. The van der Waals surface area contributed by atoms with Crippen molar-refractivity contribution < 1.29 is 8.42 Å². The van der Waals surface area contributed by atoms with Gasteiger partial charge in [-0.1, -0.05) is 13.8 Å². The van der Waals surface area contributed by atoms with Crippen LogP contribution in [0.4, 0.5) is 0 Å². The summed E-state index contributed by atoms with van der Waals surface area (Å²) in [5.74, 6) is 0.169. The Labute approximate surface area is 126 Å². The van der Waals surface area contributed by atoms with Crippen molar-refractivity contribution in [3.05, 3.63) is 11.4 Å². The average Bonchev–Trinajstić information content (AvgIpc) is 2.58. The van der Waals surface area contributed by atoms with E-state index in [1.54, 1.807) is 25.6 Å². The van der Waals surface area contributed by atoms with Gasteiger partial charge in [0, 0.05) is 26.6 Å². The summed E-state index contributed by atoms with van der Waals surface area (Å²) < 4.78 is 28.8. The summed E-state index contributed by atoms with van der Waals surface area (Å²) in [6.07, 6.45) is 0.226. The van der Waals surface area contributed by atoms with Gasteiger partial charge >= 0.3 is 0 Å². The molecule has 0 aliphatic carbocycles. The molecule has 8 heteroatoms. The molecule has 1 heterocycles. The molecule has 7 nitrogen and oxygen atoms in total. The minimum atomic E-state index is -3.63. The van der Waals surface area contributed by atoms with E-state index in [0.717, 1.165) is 0 Å². The molecule has 0 amide bonds. The smallest absolute Gasteiger partial charge is 0.246 e. The topological polar surface area (TPSA) is 105 Å². The number of aromatic nitrogens is 2. The maximum absolute atomic E-state index is 12.9. The lowest BCUT2D eigenvalue weighted by atomic mass is 10.2. The number of amidine groups is 1. The number of rotatable bonds is 7. The predicted octanol–water partition coefficient (Wildman–Crippen LogP) is 1.01. The van der Waals surface area contributed by atoms with Gasteiger partial charge in [0.2, 0.25) is 10.0 Å². The van der Waals surface area contributed by atoms with E-state index in [2.05, 4.69) is 5.10 Å². The second kappa shape index (κ2) is 6.57. The Morgan fingerprint density at radius 3 is 2.38 bits per heavy atom. The Kier molecular flexibility index (Phi) is 5.52. The van der Waals surface area contributed by atoms with Crippen molar-refractivity contribution in [2.75, 3.05) is 13.1 Å². The highest BCUT2D eigenvalue weighted by atomic mass is 32.2. The zero-order valence-electron chi connectivity index (χ0n) is 13.3. The minimum absolute atomic E-state index is 0.0152. The van der Waals surface area contributed by atoms with Crippen LogP contribution in [0.25, 0.3) is 0 Å². The first-order valence-electron chi connectivity index (χ1n) is 6.90. The average molecular weight is 315 g/mol. The summed E-state index contributed by atoms with van der Waals surface area (Å²) in [6.45, 7) is 7.95. The lowest BCUT2D eigenvalue weighted by molar-refractivity contribution is 0.373. The number of hydrogen-bond acceptors (Lipinski definition) is 4. The molecule has 21 heavy (non-hydrogen) atoms. The third kappa shape index (κ3) is 4.04. The van der Waals surface area contributed by atoms with Crippen LogP contribution in [-0.4, -0.2) is 41.4 Å². The first-order valence-corrected chi connectivity index (χ1v) is 8.34. The monoisotopic (exact) mass is 315 g/mol. The van der Waals surface area contributed by atoms with E-state index in [1.807, 2.05) is 13.8 Å². The number of aryl methyl sites for hydroxylation is 2. The normalized spacial score (nSPS) is 12.3. The molecule has 0 unspecified atom stereocenters. The maximum Gasteiger partial charge on any atom is 0.246 e. The van der Waals surface area contributed by atoms with Crippen LogP contribution in [0.3, 0.4) is 0 Å². The van der Waals surface area contributed by atoms with Crippen LogP contribution in [0, 0.1) is 25.2 Å². The summed E-state index contributed by atoms with van der Waals surface area (Å²) in [4.78, 5) is 0.259. The van der Waals surface area contributed by atoms with Crippen LogP contribution in [0.15, 0.2) is 4.90 Å². The lowest BCUT2D eigenvalue weighted by Gasteiger charge is -2.24. The molecule has 3 N–H and O–H groups in total. The molecule has 0 atom stereocenters. The number of sulfonamides is 1. The van der Waals surface area contributed by atoms with Crippen molar-refractivity contribution in [2.24, 2.45) is 18.7 Å². The van der Waals surface area contributed by atoms with Crippen molar-refractivity contribution in [3.8, 4) is 0 Å². The van der Waals surface area contributed by atoms with E-state index in [-0.39, 0.29) is 29.6 Å². The molecular weight excluding hydrogens is 290 g/mol. The summed E-state index contributed by atoms with van der Waals surface area (Å²) in [5.41, 5.74) is 6.47. The zero-order valence-corrected chi connectivity index (χ0v) is 14.2. The third-order valence-electron chi connectivity index (χ3n) is 3.24. The Hall–Kier alpha value is -1.41. The third-order valence-corrected chi connectivity index (χ3v) is 5.36. The molecule has 0 saturated carbocycles. The van der Waals surface area contributed by atoms with Gasteiger partial charge in [-0.05, 0) is 19.8 Å². The van der Waals surface area contributed by atoms with E-state index < -0.39 is 10.0 Å². The lowest BCUT2D eigenvalue weighted by Crippen LogP contribution is -2.37. The van der Waals surface area contributed by atoms with Gasteiger partial charge in [-0.25, -0.2) is 8.42 Å². The Bertz CT molecular complexity index is 619. The van der Waals surface area contributed by atoms with Crippen molar-refractivity contribution in [1.82, 2.24) is 14.1 Å². The van der Waals surface area contributed by atoms with Crippen molar-refractivity contribution >= 4 is 15.9 Å². The van der Waals surface area contributed by atoms with Crippen LogP contribution in [0.1, 0.15) is 31.7 Å². The molecule has 0 saturated heterocycles. The Morgan fingerprint density at radius 2 is 2.00 bits per heavy atom. The fourth-order valence-electron chi connectivity index (χ4n) is 2.22. The molecule has 0 aromatic carbocycles. The Morgan fingerprint density at radius 1 is 1.43 bits per heavy atom. The van der Waals surface area contributed by atoms with Crippen LogP contribution >= 0.6 is 0 Å². The molecule has 0 aliphatic rings. The maximum atomic E-state index is 12.9. The zero-order chi connectivity index (χ0) is 16.4.